The maximum absolute atomic E-state index is 11.4. The minimum absolute atomic E-state index is 0.0935. The summed E-state index contributed by atoms with van der Waals surface area (Å²) < 4.78 is 15.3. The molecule has 1 aliphatic rings. The van der Waals surface area contributed by atoms with Crippen LogP contribution in [0.2, 0.25) is 0 Å². The third kappa shape index (κ3) is 2.01. The highest BCUT2D eigenvalue weighted by Gasteiger charge is 2.28. The standard InChI is InChI=1S/C13H16O5/c1-7(2)10-8(11(14)13(15)16-3)4-5-9-12(10)18-6-17-9/h4-5,7,11,14H,6H2,1-3H3. The van der Waals surface area contributed by atoms with Crippen LogP contribution in [0.5, 0.6) is 11.5 Å². The van der Waals surface area contributed by atoms with Crippen molar-refractivity contribution in [1.82, 2.24) is 0 Å². The largest absolute Gasteiger partial charge is 0.467 e. The van der Waals surface area contributed by atoms with E-state index in [-0.39, 0.29) is 12.7 Å². The van der Waals surface area contributed by atoms with Gasteiger partial charge in [0.1, 0.15) is 0 Å². The van der Waals surface area contributed by atoms with Gasteiger partial charge in [0.2, 0.25) is 6.79 Å². The van der Waals surface area contributed by atoms with E-state index in [2.05, 4.69) is 4.74 Å². The Morgan fingerprint density at radius 2 is 2.11 bits per heavy atom. The summed E-state index contributed by atoms with van der Waals surface area (Å²) in [6.07, 6.45) is -1.30. The first-order valence-corrected chi connectivity index (χ1v) is 5.74. The molecule has 1 aromatic carbocycles. The second kappa shape index (κ2) is 4.86. The predicted octanol–water partition coefficient (Wildman–Crippen LogP) is 1.75. The summed E-state index contributed by atoms with van der Waals surface area (Å²) in [4.78, 5) is 11.4. The zero-order valence-electron chi connectivity index (χ0n) is 10.6. The highest BCUT2D eigenvalue weighted by molar-refractivity contribution is 5.77. The van der Waals surface area contributed by atoms with Gasteiger partial charge in [-0.3, -0.25) is 0 Å². The number of carbonyl (C=O) groups is 1. The van der Waals surface area contributed by atoms with Gasteiger partial charge in [0, 0.05) is 5.56 Å². The van der Waals surface area contributed by atoms with Crippen molar-refractivity contribution < 1.29 is 24.1 Å². The molecule has 2 rings (SSSR count). The quantitative estimate of drug-likeness (QED) is 0.830. The third-order valence-electron chi connectivity index (χ3n) is 2.91. The van der Waals surface area contributed by atoms with Gasteiger partial charge < -0.3 is 19.3 Å². The van der Waals surface area contributed by atoms with Gasteiger partial charge in [0.05, 0.1) is 7.11 Å². The number of ether oxygens (including phenoxy) is 3. The van der Waals surface area contributed by atoms with Crippen molar-refractivity contribution in [3.8, 4) is 11.5 Å². The number of hydrogen-bond donors (Lipinski definition) is 1. The highest BCUT2D eigenvalue weighted by Crippen LogP contribution is 2.43. The van der Waals surface area contributed by atoms with Gasteiger partial charge in [0.15, 0.2) is 17.6 Å². The van der Waals surface area contributed by atoms with Crippen LogP contribution in [0.15, 0.2) is 12.1 Å². The molecule has 0 saturated carbocycles. The molecular weight excluding hydrogens is 236 g/mol. The van der Waals surface area contributed by atoms with Crippen LogP contribution in [0.1, 0.15) is 37.0 Å². The van der Waals surface area contributed by atoms with Crippen molar-refractivity contribution in [2.75, 3.05) is 13.9 Å². The second-order valence-electron chi connectivity index (χ2n) is 4.38. The van der Waals surface area contributed by atoms with E-state index in [9.17, 15) is 9.90 Å². The molecular formula is C13H16O5. The highest BCUT2D eigenvalue weighted by atomic mass is 16.7. The van der Waals surface area contributed by atoms with Crippen LogP contribution in [0.4, 0.5) is 0 Å². The van der Waals surface area contributed by atoms with Crippen molar-refractivity contribution in [1.29, 1.82) is 0 Å². The topological polar surface area (TPSA) is 65.0 Å². The molecule has 0 radical (unpaired) electrons. The average Bonchev–Trinajstić information content (AvgIpc) is 2.83. The fraction of sp³-hybridized carbons (Fsp3) is 0.462. The van der Waals surface area contributed by atoms with E-state index in [1.807, 2.05) is 13.8 Å². The van der Waals surface area contributed by atoms with Crippen molar-refractivity contribution in [2.45, 2.75) is 25.9 Å². The lowest BCUT2D eigenvalue weighted by Crippen LogP contribution is -2.16. The number of aliphatic hydroxyl groups excluding tert-OH is 1. The lowest BCUT2D eigenvalue weighted by atomic mass is 9.92. The lowest BCUT2D eigenvalue weighted by molar-refractivity contribution is -0.150. The Kier molecular flexibility index (Phi) is 3.43. The SMILES string of the molecule is COC(=O)C(O)c1ccc2c(c1C(C)C)OCO2. The monoisotopic (exact) mass is 252 g/mol. The zero-order chi connectivity index (χ0) is 13.3. The van der Waals surface area contributed by atoms with Crippen LogP contribution in [-0.4, -0.2) is 25.0 Å². The van der Waals surface area contributed by atoms with E-state index >= 15 is 0 Å². The Hall–Kier alpha value is -1.75. The predicted molar refractivity (Wildman–Crippen MR) is 63.6 cm³/mol. The van der Waals surface area contributed by atoms with Gasteiger partial charge in [-0.05, 0) is 17.5 Å². The number of carbonyl (C=O) groups excluding carboxylic acids is 1. The van der Waals surface area contributed by atoms with E-state index < -0.39 is 12.1 Å². The van der Waals surface area contributed by atoms with Crippen LogP contribution < -0.4 is 9.47 Å². The summed E-state index contributed by atoms with van der Waals surface area (Å²) in [7, 11) is 1.24. The van der Waals surface area contributed by atoms with E-state index in [0.29, 0.717) is 17.1 Å². The number of methoxy groups -OCH3 is 1. The number of hydrogen-bond acceptors (Lipinski definition) is 5. The molecule has 18 heavy (non-hydrogen) atoms. The fourth-order valence-electron chi connectivity index (χ4n) is 2.08. The van der Waals surface area contributed by atoms with Crippen LogP contribution in [-0.2, 0) is 9.53 Å². The average molecular weight is 252 g/mol. The van der Waals surface area contributed by atoms with E-state index in [1.54, 1.807) is 12.1 Å². The molecule has 0 aromatic heterocycles. The smallest absolute Gasteiger partial charge is 0.339 e. The molecule has 1 atom stereocenters. The number of esters is 1. The van der Waals surface area contributed by atoms with Gasteiger partial charge in [-0.1, -0.05) is 19.9 Å². The molecule has 1 N–H and O–H groups in total. The molecule has 5 heteroatoms. The van der Waals surface area contributed by atoms with Crippen LogP contribution in [0.3, 0.4) is 0 Å². The van der Waals surface area contributed by atoms with Crippen molar-refractivity contribution in [2.24, 2.45) is 0 Å². The second-order valence-corrected chi connectivity index (χ2v) is 4.38. The number of rotatable bonds is 3. The molecule has 1 aromatic rings. The molecule has 98 valence electrons. The summed E-state index contributed by atoms with van der Waals surface area (Å²) >= 11 is 0. The van der Waals surface area contributed by atoms with Crippen molar-refractivity contribution >= 4 is 5.97 Å². The maximum Gasteiger partial charge on any atom is 0.339 e. The fourth-order valence-corrected chi connectivity index (χ4v) is 2.08. The normalized spacial score (nSPS) is 14.7. The molecule has 0 aliphatic carbocycles. The molecule has 0 fully saturated rings. The zero-order valence-corrected chi connectivity index (χ0v) is 10.6. The minimum atomic E-state index is -1.30. The Bertz CT molecular complexity index is 467. The summed E-state index contributed by atoms with van der Waals surface area (Å²) in [6.45, 7) is 4.09. The Labute approximate surface area is 105 Å². The molecule has 0 bridgehead atoms. The van der Waals surface area contributed by atoms with E-state index in [4.69, 9.17) is 9.47 Å². The first-order valence-electron chi connectivity index (χ1n) is 5.74. The number of benzene rings is 1. The molecule has 1 unspecified atom stereocenters. The Balaban J connectivity index is 2.51. The maximum atomic E-state index is 11.4. The third-order valence-corrected chi connectivity index (χ3v) is 2.91. The molecule has 5 nitrogen and oxygen atoms in total. The molecule has 1 heterocycles. The van der Waals surface area contributed by atoms with Gasteiger partial charge in [-0.2, -0.15) is 0 Å². The molecule has 0 amide bonds. The first kappa shape index (κ1) is 12.7. The van der Waals surface area contributed by atoms with Gasteiger partial charge in [-0.25, -0.2) is 4.79 Å². The Morgan fingerprint density at radius 3 is 2.72 bits per heavy atom. The van der Waals surface area contributed by atoms with E-state index in [1.165, 1.54) is 7.11 Å². The van der Waals surface area contributed by atoms with E-state index in [0.717, 1.165) is 5.56 Å². The van der Waals surface area contributed by atoms with Crippen LogP contribution >= 0.6 is 0 Å². The van der Waals surface area contributed by atoms with Crippen LogP contribution in [0, 0.1) is 0 Å². The van der Waals surface area contributed by atoms with Crippen LogP contribution in [0.25, 0.3) is 0 Å². The molecule has 0 saturated heterocycles. The van der Waals surface area contributed by atoms with Gasteiger partial charge >= 0.3 is 5.97 Å². The molecule has 0 spiro atoms. The minimum Gasteiger partial charge on any atom is -0.467 e. The number of aliphatic hydroxyl groups is 1. The summed E-state index contributed by atoms with van der Waals surface area (Å²) in [6, 6.07) is 3.36. The first-order chi connectivity index (χ1) is 8.56. The number of fused-ring (bicyclic) bond motifs is 1. The summed E-state index contributed by atoms with van der Waals surface area (Å²) in [5.41, 5.74) is 1.28. The van der Waals surface area contributed by atoms with Gasteiger partial charge in [0.25, 0.3) is 0 Å². The van der Waals surface area contributed by atoms with Crippen molar-refractivity contribution in [3.05, 3.63) is 23.3 Å². The molecule has 1 aliphatic heterocycles. The summed E-state index contributed by atoms with van der Waals surface area (Å²) in [5, 5.41) is 9.98. The lowest BCUT2D eigenvalue weighted by Gasteiger charge is -2.18. The van der Waals surface area contributed by atoms with Gasteiger partial charge in [-0.15, -0.1) is 0 Å². The summed E-state index contributed by atoms with van der Waals surface area (Å²) in [5.74, 6) is 0.650. The van der Waals surface area contributed by atoms with Crippen molar-refractivity contribution in [3.63, 3.8) is 0 Å². The Morgan fingerprint density at radius 1 is 1.39 bits per heavy atom.